The second-order valence-corrected chi connectivity index (χ2v) is 10.8. The van der Waals surface area contributed by atoms with Gasteiger partial charge in [-0.3, -0.25) is 0 Å². The zero-order valence-corrected chi connectivity index (χ0v) is 20.1. The lowest BCUT2D eigenvalue weighted by Gasteiger charge is -2.18. The number of hydrogen-bond acceptors (Lipinski definition) is 7. The Bertz CT molecular complexity index is 1110. The van der Waals surface area contributed by atoms with E-state index in [1.165, 1.54) is 25.1 Å². The van der Waals surface area contributed by atoms with E-state index in [9.17, 15) is 28.1 Å². The van der Waals surface area contributed by atoms with Crippen LogP contribution in [0.25, 0.3) is 17.3 Å². The summed E-state index contributed by atoms with van der Waals surface area (Å²) in [7, 11) is -3.46. The standard InChI is InChI=1S/C24H31FN2O5S/c1-14(2)22-21(11-10-19(29)13-20(30)12-15(3)28)23(17-6-8-18(25)9-7-17)27-24(26-22)16(4)33(5,31)32/h6-11,14,16,19-20,28-30H,3,12-13H2,1-2,4-5H3/b11-10+/t16?,19-,20+/m1/s1. The average molecular weight is 479 g/mol. The second kappa shape index (κ2) is 11.0. The van der Waals surface area contributed by atoms with E-state index in [-0.39, 0.29) is 30.3 Å². The zero-order chi connectivity index (χ0) is 24.9. The van der Waals surface area contributed by atoms with Crippen LogP contribution in [0.15, 0.2) is 42.7 Å². The molecule has 0 aliphatic carbocycles. The third-order valence-electron chi connectivity index (χ3n) is 5.13. The molecule has 1 unspecified atom stereocenters. The van der Waals surface area contributed by atoms with E-state index in [0.29, 0.717) is 22.5 Å². The predicted octanol–water partition coefficient (Wildman–Crippen LogP) is 4.10. The molecular formula is C24H31FN2O5S. The quantitative estimate of drug-likeness (QED) is 0.440. The number of rotatable bonds is 10. The summed E-state index contributed by atoms with van der Waals surface area (Å²) >= 11 is 0. The SMILES string of the molecule is C=C(O)C[C@H](O)C[C@H](O)/C=C/c1c(-c2ccc(F)cc2)nc(C(C)S(C)(=O)=O)nc1C(C)C. The summed E-state index contributed by atoms with van der Waals surface area (Å²) in [5, 5.41) is 28.5. The average Bonchev–Trinajstić information content (AvgIpc) is 2.70. The number of nitrogens with zero attached hydrogens (tertiary/aromatic N) is 2. The molecule has 0 fully saturated rings. The molecular weight excluding hydrogens is 447 g/mol. The smallest absolute Gasteiger partial charge is 0.157 e. The third-order valence-corrected chi connectivity index (χ3v) is 6.63. The van der Waals surface area contributed by atoms with Crippen molar-refractivity contribution in [1.29, 1.82) is 0 Å². The van der Waals surface area contributed by atoms with Gasteiger partial charge in [0.05, 0.1) is 29.4 Å². The molecule has 1 aromatic heterocycles. The molecule has 0 saturated heterocycles. The first-order valence-electron chi connectivity index (χ1n) is 10.6. The molecule has 0 spiro atoms. The van der Waals surface area contributed by atoms with Crippen molar-refractivity contribution in [2.24, 2.45) is 0 Å². The van der Waals surface area contributed by atoms with Crippen LogP contribution < -0.4 is 0 Å². The van der Waals surface area contributed by atoms with Crippen LogP contribution in [-0.2, 0) is 9.84 Å². The van der Waals surface area contributed by atoms with Gasteiger partial charge in [-0.1, -0.05) is 32.6 Å². The van der Waals surface area contributed by atoms with Crippen LogP contribution in [0.1, 0.15) is 61.9 Å². The van der Waals surface area contributed by atoms with E-state index >= 15 is 0 Å². The fraction of sp³-hybridized carbons (Fsp3) is 0.417. The van der Waals surface area contributed by atoms with Gasteiger partial charge >= 0.3 is 0 Å². The van der Waals surface area contributed by atoms with Gasteiger partial charge in [0.15, 0.2) is 9.84 Å². The van der Waals surface area contributed by atoms with Gasteiger partial charge in [0.1, 0.15) is 16.9 Å². The number of benzene rings is 1. The predicted molar refractivity (Wildman–Crippen MR) is 127 cm³/mol. The van der Waals surface area contributed by atoms with Gasteiger partial charge in [-0.05, 0) is 37.1 Å². The molecule has 1 aromatic carbocycles. The summed E-state index contributed by atoms with van der Waals surface area (Å²) in [5.74, 6) is -0.579. The molecule has 0 aliphatic heterocycles. The van der Waals surface area contributed by atoms with Crippen LogP contribution in [0.5, 0.6) is 0 Å². The Balaban J connectivity index is 2.61. The summed E-state index contributed by atoms with van der Waals surface area (Å²) in [6.07, 6.45) is 2.12. The van der Waals surface area contributed by atoms with Gasteiger partial charge < -0.3 is 15.3 Å². The molecule has 2 aromatic rings. The van der Waals surface area contributed by atoms with E-state index in [0.717, 1.165) is 6.26 Å². The minimum absolute atomic E-state index is 0.0248. The Morgan fingerprint density at radius 1 is 1.15 bits per heavy atom. The van der Waals surface area contributed by atoms with Gasteiger partial charge in [-0.2, -0.15) is 0 Å². The molecule has 0 bridgehead atoms. The lowest BCUT2D eigenvalue weighted by Crippen LogP contribution is -2.17. The summed E-state index contributed by atoms with van der Waals surface area (Å²) in [4.78, 5) is 9.05. The maximum Gasteiger partial charge on any atom is 0.157 e. The normalized spacial score (nSPS) is 15.0. The lowest BCUT2D eigenvalue weighted by atomic mass is 9.97. The molecule has 7 nitrogen and oxygen atoms in total. The minimum Gasteiger partial charge on any atom is -0.513 e. The Morgan fingerprint density at radius 2 is 1.76 bits per heavy atom. The number of aliphatic hydroxyl groups is 3. The molecule has 0 saturated carbocycles. The first-order chi connectivity index (χ1) is 15.3. The number of aromatic nitrogens is 2. The molecule has 3 N–H and O–H groups in total. The molecule has 2 rings (SSSR count). The van der Waals surface area contributed by atoms with Crippen LogP contribution in [0.4, 0.5) is 4.39 Å². The fourth-order valence-corrected chi connectivity index (χ4v) is 3.72. The van der Waals surface area contributed by atoms with Crippen LogP contribution in [0, 0.1) is 5.82 Å². The highest BCUT2D eigenvalue weighted by atomic mass is 32.2. The summed E-state index contributed by atoms with van der Waals surface area (Å²) in [6.45, 7) is 8.64. The Kier molecular flexibility index (Phi) is 8.88. The first-order valence-corrected chi connectivity index (χ1v) is 12.5. The molecule has 3 atom stereocenters. The van der Waals surface area contributed by atoms with E-state index < -0.39 is 33.1 Å². The maximum atomic E-state index is 13.5. The number of sulfone groups is 1. The second-order valence-electron chi connectivity index (χ2n) is 8.45. The van der Waals surface area contributed by atoms with Crippen molar-refractivity contribution in [3.63, 3.8) is 0 Å². The van der Waals surface area contributed by atoms with E-state index in [1.54, 1.807) is 18.2 Å². The van der Waals surface area contributed by atoms with Crippen LogP contribution in [-0.4, -0.2) is 52.2 Å². The Labute approximate surface area is 194 Å². The number of halogens is 1. The summed E-state index contributed by atoms with van der Waals surface area (Å²) in [5.41, 5.74) is 2.10. The molecule has 9 heteroatoms. The van der Waals surface area contributed by atoms with Crippen LogP contribution >= 0.6 is 0 Å². The first kappa shape index (κ1) is 26.6. The molecule has 1 heterocycles. The van der Waals surface area contributed by atoms with Crippen molar-refractivity contribution in [3.8, 4) is 11.3 Å². The Hall–Kier alpha value is -2.62. The van der Waals surface area contributed by atoms with Crippen molar-refractivity contribution in [3.05, 3.63) is 65.6 Å². The van der Waals surface area contributed by atoms with E-state index in [2.05, 4.69) is 16.5 Å². The lowest BCUT2D eigenvalue weighted by molar-refractivity contribution is 0.0966. The van der Waals surface area contributed by atoms with Crippen molar-refractivity contribution >= 4 is 15.9 Å². The van der Waals surface area contributed by atoms with Crippen LogP contribution in [0.2, 0.25) is 0 Å². The van der Waals surface area contributed by atoms with Gasteiger partial charge in [0.2, 0.25) is 0 Å². The maximum absolute atomic E-state index is 13.5. The van der Waals surface area contributed by atoms with E-state index in [1.807, 2.05) is 13.8 Å². The van der Waals surface area contributed by atoms with Crippen molar-refractivity contribution in [1.82, 2.24) is 9.97 Å². The van der Waals surface area contributed by atoms with Crippen molar-refractivity contribution in [2.75, 3.05) is 6.26 Å². The van der Waals surface area contributed by atoms with Gasteiger partial charge in [0, 0.05) is 30.2 Å². The van der Waals surface area contributed by atoms with Crippen LogP contribution in [0.3, 0.4) is 0 Å². The largest absolute Gasteiger partial charge is 0.513 e. The monoisotopic (exact) mass is 478 g/mol. The highest BCUT2D eigenvalue weighted by Gasteiger charge is 2.25. The minimum atomic E-state index is -3.46. The van der Waals surface area contributed by atoms with Gasteiger partial charge in [-0.15, -0.1) is 0 Å². The zero-order valence-electron chi connectivity index (χ0n) is 19.2. The third kappa shape index (κ3) is 7.45. The molecule has 0 radical (unpaired) electrons. The number of aliphatic hydroxyl groups excluding tert-OH is 3. The highest BCUT2D eigenvalue weighted by molar-refractivity contribution is 7.90. The summed E-state index contributed by atoms with van der Waals surface area (Å²) < 4.78 is 37.9. The van der Waals surface area contributed by atoms with Gasteiger partial charge in [-0.25, -0.2) is 22.8 Å². The molecule has 180 valence electrons. The highest BCUT2D eigenvalue weighted by Crippen LogP contribution is 2.32. The van der Waals surface area contributed by atoms with Crippen molar-refractivity contribution < 1.29 is 28.1 Å². The van der Waals surface area contributed by atoms with Gasteiger partial charge in [0.25, 0.3) is 0 Å². The molecule has 0 amide bonds. The fourth-order valence-electron chi connectivity index (χ4n) is 3.23. The van der Waals surface area contributed by atoms with Crippen molar-refractivity contribution in [2.45, 2.75) is 57.0 Å². The van der Waals surface area contributed by atoms with E-state index in [4.69, 9.17) is 0 Å². The summed E-state index contributed by atoms with van der Waals surface area (Å²) in [6, 6.07) is 5.65. The molecule has 0 aliphatic rings. The molecule has 33 heavy (non-hydrogen) atoms. The Morgan fingerprint density at radius 3 is 2.27 bits per heavy atom. The topological polar surface area (TPSA) is 121 Å². The number of hydrogen-bond donors (Lipinski definition) is 3.